The van der Waals surface area contributed by atoms with Crippen LogP contribution in [0.25, 0.3) is 0 Å². The Bertz CT molecular complexity index is 857. The maximum absolute atomic E-state index is 12.6. The first-order valence-corrected chi connectivity index (χ1v) is 9.44. The largest absolute Gasteiger partial charge is 0.385 e. The van der Waals surface area contributed by atoms with Gasteiger partial charge in [-0.2, -0.15) is 0 Å². The van der Waals surface area contributed by atoms with Crippen LogP contribution in [0.1, 0.15) is 27.1 Å². The third-order valence-corrected chi connectivity index (χ3v) is 4.52. The normalized spacial score (nSPS) is 10.5. The predicted molar refractivity (Wildman–Crippen MR) is 114 cm³/mol. The molecule has 0 radical (unpaired) electrons. The van der Waals surface area contributed by atoms with Crippen molar-refractivity contribution in [1.82, 2.24) is 5.32 Å². The Balaban J connectivity index is 2.21. The van der Waals surface area contributed by atoms with Gasteiger partial charge in [0.15, 0.2) is 0 Å². The first-order valence-electron chi connectivity index (χ1n) is 8.68. The van der Waals surface area contributed by atoms with Crippen LogP contribution in [-0.4, -0.2) is 46.2 Å². The van der Waals surface area contributed by atoms with Gasteiger partial charge in [-0.05, 0) is 42.8 Å². The van der Waals surface area contributed by atoms with Crippen molar-refractivity contribution in [3.63, 3.8) is 0 Å². The third kappa shape index (κ3) is 5.86. The summed E-state index contributed by atoms with van der Waals surface area (Å²) in [5.41, 5.74) is 1.99. The van der Waals surface area contributed by atoms with Crippen LogP contribution < -0.4 is 15.5 Å². The van der Waals surface area contributed by atoms with Crippen molar-refractivity contribution in [2.24, 2.45) is 0 Å². The molecule has 0 unspecified atom stereocenters. The number of carbonyl (C=O) groups is 2. The van der Waals surface area contributed by atoms with E-state index in [4.69, 9.17) is 27.9 Å². The SMILES string of the molecule is COCCCNC(=O)c1cc(NC(=O)c2ccc(Cl)cc2Cl)ccc1N(C)C. The Morgan fingerprint density at radius 3 is 2.43 bits per heavy atom. The molecule has 2 aromatic carbocycles. The summed E-state index contributed by atoms with van der Waals surface area (Å²) in [6.07, 6.45) is 0.713. The molecule has 0 bridgehead atoms. The molecule has 2 N–H and O–H groups in total. The van der Waals surface area contributed by atoms with Crippen LogP contribution in [0.3, 0.4) is 0 Å². The monoisotopic (exact) mass is 423 g/mol. The number of carbonyl (C=O) groups excluding carboxylic acids is 2. The zero-order valence-electron chi connectivity index (χ0n) is 16.0. The number of benzene rings is 2. The quantitative estimate of drug-likeness (QED) is 0.627. The molecule has 150 valence electrons. The number of rotatable bonds is 8. The number of ether oxygens (including phenoxy) is 1. The van der Waals surface area contributed by atoms with Crippen molar-refractivity contribution < 1.29 is 14.3 Å². The number of amides is 2. The molecule has 0 saturated heterocycles. The van der Waals surface area contributed by atoms with Gasteiger partial charge in [-0.3, -0.25) is 9.59 Å². The van der Waals surface area contributed by atoms with Gasteiger partial charge in [0.25, 0.3) is 11.8 Å². The minimum absolute atomic E-state index is 0.222. The Morgan fingerprint density at radius 2 is 1.79 bits per heavy atom. The van der Waals surface area contributed by atoms with Crippen molar-refractivity contribution in [3.05, 3.63) is 57.6 Å². The first-order chi connectivity index (χ1) is 13.3. The zero-order valence-corrected chi connectivity index (χ0v) is 17.5. The van der Waals surface area contributed by atoms with Crippen molar-refractivity contribution in [2.45, 2.75) is 6.42 Å². The predicted octanol–water partition coefficient (Wildman–Crippen LogP) is 4.08. The number of nitrogens with one attached hydrogen (secondary N) is 2. The molecule has 8 heteroatoms. The van der Waals surface area contributed by atoms with E-state index in [0.29, 0.717) is 41.4 Å². The molecule has 0 saturated carbocycles. The van der Waals surface area contributed by atoms with E-state index >= 15 is 0 Å². The molecule has 0 aliphatic rings. The van der Waals surface area contributed by atoms with Gasteiger partial charge >= 0.3 is 0 Å². The second-order valence-corrected chi connectivity index (χ2v) is 7.15. The van der Waals surface area contributed by atoms with Gasteiger partial charge in [-0.1, -0.05) is 23.2 Å². The molecule has 0 aliphatic carbocycles. The lowest BCUT2D eigenvalue weighted by Crippen LogP contribution is -2.27. The number of hydrogen-bond acceptors (Lipinski definition) is 4. The number of hydrogen-bond donors (Lipinski definition) is 2. The van der Waals surface area contributed by atoms with Gasteiger partial charge in [-0.15, -0.1) is 0 Å². The zero-order chi connectivity index (χ0) is 20.7. The maximum atomic E-state index is 12.6. The molecule has 28 heavy (non-hydrogen) atoms. The summed E-state index contributed by atoms with van der Waals surface area (Å²) >= 11 is 12.0. The molecular formula is C20H23Cl2N3O3. The molecule has 0 aromatic heterocycles. The number of anilines is 2. The molecule has 6 nitrogen and oxygen atoms in total. The average molecular weight is 424 g/mol. The first kappa shape index (κ1) is 22.0. The van der Waals surface area contributed by atoms with E-state index in [0.717, 1.165) is 5.69 Å². The van der Waals surface area contributed by atoms with Crippen molar-refractivity contribution in [3.8, 4) is 0 Å². The second kappa shape index (κ2) is 10.3. The summed E-state index contributed by atoms with van der Waals surface area (Å²) in [7, 11) is 5.32. The highest BCUT2D eigenvalue weighted by molar-refractivity contribution is 6.37. The summed E-state index contributed by atoms with van der Waals surface area (Å²) in [6.45, 7) is 1.06. The van der Waals surface area contributed by atoms with Gasteiger partial charge in [0.05, 0.1) is 16.1 Å². The van der Waals surface area contributed by atoms with Gasteiger partial charge in [0.2, 0.25) is 0 Å². The summed E-state index contributed by atoms with van der Waals surface area (Å²) < 4.78 is 4.99. The summed E-state index contributed by atoms with van der Waals surface area (Å²) in [4.78, 5) is 27.0. The lowest BCUT2D eigenvalue weighted by atomic mass is 10.1. The summed E-state index contributed by atoms with van der Waals surface area (Å²) in [5, 5.41) is 6.34. The Labute approximate surface area is 174 Å². The van der Waals surface area contributed by atoms with Crippen LogP contribution in [0.2, 0.25) is 10.0 Å². The van der Waals surface area contributed by atoms with E-state index in [-0.39, 0.29) is 16.8 Å². The summed E-state index contributed by atoms with van der Waals surface area (Å²) in [5.74, 6) is -0.605. The van der Waals surface area contributed by atoms with Gasteiger partial charge in [0, 0.05) is 50.8 Å². The van der Waals surface area contributed by atoms with E-state index < -0.39 is 0 Å². The van der Waals surface area contributed by atoms with Crippen molar-refractivity contribution in [1.29, 1.82) is 0 Å². The Hall–Kier alpha value is -2.28. The minimum atomic E-state index is -0.384. The van der Waals surface area contributed by atoms with Crippen LogP contribution in [-0.2, 0) is 4.74 Å². The summed E-state index contributed by atoms with van der Waals surface area (Å²) in [6, 6.07) is 9.81. The molecule has 2 rings (SSSR count). The topological polar surface area (TPSA) is 70.7 Å². The number of halogens is 2. The van der Waals surface area contributed by atoms with Gasteiger partial charge in [-0.25, -0.2) is 0 Å². The van der Waals surface area contributed by atoms with E-state index in [9.17, 15) is 9.59 Å². The Kier molecular flexibility index (Phi) is 8.11. The van der Waals surface area contributed by atoms with Crippen LogP contribution in [0.5, 0.6) is 0 Å². The number of nitrogens with zero attached hydrogens (tertiary/aromatic N) is 1. The smallest absolute Gasteiger partial charge is 0.257 e. The third-order valence-electron chi connectivity index (χ3n) is 3.97. The molecule has 0 aliphatic heterocycles. The van der Waals surface area contributed by atoms with E-state index in [1.807, 2.05) is 19.0 Å². The second-order valence-electron chi connectivity index (χ2n) is 6.31. The molecule has 0 heterocycles. The van der Waals surface area contributed by atoms with Crippen LogP contribution in [0.15, 0.2) is 36.4 Å². The van der Waals surface area contributed by atoms with E-state index in [1.54, 1.807) is 37.4 Å². The fraction of sp³-hybridized carbons (Fsp3) is 0.300. The standard InChI is InChI=1S/C20H23Cl2N3O3/c1-25(2)18-8-6-14(12-16(18)19(26)23-9-4-10-28-3)24-20(27)15-7-5-13(21)11-17(15)22/h5-8,11-12H,4,9-10H2,1-3H3,(H,23,26)(H,24,27). The van der Waals surface area contributed by atoms with Crippen LogP contribution in [0.4, 0.5) is 11.4 Å². The maximum Gasteiger partial charge on any atom is 0.257 e. The lowest BCUT2D eigenvalue weighted by Gasteiger charge is -2.18. The van der Waals surface area contributed by atoms with Gasteiger partial charge in [0.1, 0.15) is 0 Å². The highest BCUT2D eigenvalue weighted by Gasteiger charge is 2.16. The lowest BCUT2D eigenvalue weighted by molar-refractivity contribution is 0.0947. The molecule has 2 amide bonds. The molecule has 0 fully saturated rings. The van der Waals surface area contributed by atoms with E-state index in [1.165, 1.54) is 6.07 Å². The molecule has 2 aromatic rings. The fourth-order valence-electron chi connectivity index (χ4n) is 2.57. The van der Waals surface area contributed by atoms with Crippen molar-refractivity contribution >= 4 is 46.4 Å². The number of methoxy groups -OCH3 is 1. The molecular weight excluding hydrogens is 401 g/mol. The fourth-order valence-corrected chi connectivity index (χ4v) is 3.07. The van der Waals surface area contributed by atoms with Crippen LogP contribution in [0, 0.1) is 0 Å². The molecule has 0 atom stereocenters. The van der Waals surface area contributed by atoms with E-state index in [2.05, 4.69) is 10.6 Å². The minimum Gasteiger partial charge on any atom is -0.385 e. The molecule has 0 spiro atoms. The van der Waals surface area contributed by atoms with Crippen LogP contribution >= 0.6 is 23.2 Å². The average Bonchev–Trinajstić information content (AvgIpc) is 2.64. The highest BCUT2D eigenvalue weighted by Crippen LogP contribution is 2.25. The van der Waals surface area contributed by atoms with Crippen molar-refractivity contribution in [2.75, 3.05) is 44.6 Å². The van der Waals surface area contributed by atoms with Gasteiger partial charge < -0.3 is 20.3 Å². The highest BCUT2D eigenvalue weighted by atomic mass is 35.5. The Morgan fingerprint density at radius 1 is 1.04 bits per heavy atom.